The number of nitrogens with one attached hydrogen (secondary N) is 1. The molecule has 1 N–H and O–H groups in total. The third-order valence-corrected chi connectivity index (χ3v) is 4.07. The number of rotatable bonds is 5. The van der Waals surface area contributed by atoms with Crippen molar-refractivity contribution in [2.75, 3.05) is 7.05 Å². The molecule has 2 aromatic rings. The molecule has 2 rings (SSSR count). The molecule has 1 atom stereocenters. The molecule has 0 bridgehead atoms. The lowest BCUT2D eigenvalue weighted by Crippen LogP contribution is -2.14. The second kappa shape index (κ2) is 6.23. The Labute approximate surface area is 122 Å². The maximum atomic E-state index is 4.69. The molecule has 0 amide bonds. The fourth-order valence-corrected chi connectivity index (χ4v) is 2.69. The van der Waals surface area contributed by atoms with Crippen LogP contribution < -0.4 is 5.32 Å². The topological polar surface area (TPSA) is 29.9 Å². The van der Waals surface area contributed by atoms with Gasteiger partial charge in [0.1, 0.15) is 0 Å². The van der Waals surface area contributed by atoms with Crippen LogP contribution in [-0.2, 0) is 13.0 Å². The number of nitrogens with zero attached hydrogens (tertiary/aromatic N) is 2. The summed E-state index contributed by atoms with van der Waals surface area (Å²) >= 11 is 0. The van der Waals surface area contributed by atoms with Crippen molar-refractivity contribution in [3.05, 3.63) is 52.3 Å². The average Bonchev–Trinajstić information content (AvgIpc) is 2.73. The Bertz CT molecular complexity index is 567. The van der Waals surface area contributed by atoms with E-state index >= 15 is 0 Å². The molecule has 3 heteroatoms. The van der Waals surface area contributed by atoms with E-state index in [2.05, 4.69) is 62.0 Å². The van der Waals surface area contributed by atoms with Crippen molar-refractivity contribution in [2.45, 2.75) is 46.7 Å². The number of benzene rings is 1. The molecule has 1 unspecified atom stereocenters. The van der Waals surface area contributed by atoms with Gasteiger partial charge in [-0.1, -0.05) is 31.2 Å². The van der Waals surface area contributed by atoms with Crippen LogP contribution in [0.25, 0.3) is 0 Å². The van der Waals surface area contributed by atoms with Crippen LogP contribution in [0.4, 0.5) is 0 Å². The zero-order chi connectivity index (χ0) is 14.7. The first-order valence-corrected chi connectivity index (χ1v) is 7.35. The highest BCUT2D eigenvalue weighted by Gasteiger charge is 2.16. The Kier molecular flexibility index (Phi) is 4.61. The molecule has 0 aliphatic heterocycles. The maximum absolute atomic E-state index is 4.69. The maximum Gasteiger partial charge on any atom is 0.0662 e. The minimum atomic E-state index is 0.339. The predicted octanol–water partition coefficient (Wildman–Crippen LogP) is 3.39. The number of aromatic nitrogens is 2. The monoisotopic (exact) mass is 271 g/mol. The van der Waals surface area contributed by atoms with Crippen LogP contribution in [0.1, 0.15) is 48.0 Å². The summed E-state index contributed by atoms with van der Waals surface area (Å²) in [5.41, 5.74) is 6.37. The van der Waals surface area contributed by atoms with Crippen LogP contribution in [0, 0.1) is 13.8 Å². The first-order valence-electron chi connectivity index (χ1n) is 7.35. The molecule has 1 aromatic heterocycles. The van der Waals surface area contributed by atoms with Gasteiger partial charge in [-0.3, -0.25) is 4.68 Å². The first-order chi connectivity index (χ1) is 9.56. The molecule has 3 nitrogen and oxygen atoms in total. The van der Waals surface area contributed by atoms with Gasteiger partial charge in [0, 0.05) is 17.3 Å². The number of aryl methyl sites for hydroxylation is 2. The molecule has 0 aliphatic rings. The van der Waals surface area contributed by atoms with Crippen LogP contribution in [0.5, 0.6) is 0 Å². The van der Waals surface area contributed by atoms with Gasteiger partial charge in [-0.05, 0) is 45.4 Å². The highest BCUT2D eigenvalue weighted by atomic mass is 15.3. The fourth-order valence-electron chi connectivity index (χ4n) is 2.69. The second-order valence-electron chi connectivity index (χ2n) is 5.42. The molecule has 20 heavy (non-hydrogen) atoms. The van der Waals surface area contributed by atoms with E-state index in [1.165, 1.54) is 22.4 Å². The molecular formula is C17H25N3. The molecule has 0 saturated carbocycles. The average molecular weight is 271 g/mol. The summed E-state index contributed by atoms with van der Waals surface area (Å²) < 4.78 is 2.11. The number of hydrogen-bond donors (Lipinski definition) is 1. The van der Waals surface area contributed by atoms with Crippen molar-refractivity contribution in [1.82, 2.24) is 15.1 Å². The molecular weight excluding hydrogens is 246 g/mol. The van der Waals surface area contributed by atoms with Crippen LogP contribution in [-0.4, -0.2) is 16.8 Å². The van der Waals surface area contributed by atoms with Gasteiger partial charge >= 0.3 is 0 Å². The first kappa shape index (κ1) is 14.8. The van der Waals surface area contributed by atoms with Crippen LogP contribution in [0.15, 0.2) is 24.3 Å². The van der Waals surface area contributed by atoms with Gasteiger partial charge in [-0.15, -0.1) is 0 Å². The van der Waals surface area contributed by atoms with E-state index in [9.17, 15) is 0 Å². The van der Waals surface area contributed by atoms with Gasteiger partial charge in [-0.2, -0.15) is 5.10 Å². The lowest BCUT2D eigenvalue weighted by atomic mass is 10.1. The normalized spacial score (nSPS) is 12.7. The van der Waals surface area contributed by atoms with Gasteiger partial charge in [0.05, 0.1) is 12.2 Å². The summed E-state index contributed by atoms with van der Waals surface area (Å²) in [6.45, 7) is 9.45. The lowest BCUT2D eigenvalue weighted by molar-refractivity contribution is 0.632. The Hall–Kier alpha value is -1.61. The van der Waals surface area contributed by atoms with E-state index in [1.807, 2.05) is 7.05 Å². The zero-order valence-electron chi connectivity index (χ0n) is 13.2. The molecule has 0 saturated heterocycles. The number of hydrogen-bond acceptors (Lipinski definition) is 2. The van der Waals surface area contributed by atoms with Crippen molar-refractivity contribution < 1.29 is 0 Å². The summed E-state index contributed by atoms with van der Waals surface area (Å²) in [6.07, 6.45) is 1.09. The van der Waals surface area contributed by atoms with E-state index in [0.29, 0.717) is 6.04 Å². The van der Waals surface area contributed by atoms with E-state index in [0.717, 1.165) is 18.7 Å². The predicted molar refractivity (Wildman–Crippen MR) is 84.1 cm³/mol. The van der Waals surface area contributed by atoms with Gasteiger partial charge in [0.2, 0.25) is 0 Å². The summed E-state index contributed by atoms with van der Waals surface area (Å²) in [5, 5.41) is 8.00. The van der Waals surface area contributed by atoms with E-state index in [4.69, 9.17) is 5.10 Å². The van der Waals surface area contributed by atoms with E-state index in [1.54, 1.807) is 0 Å². The molecule has 0 fully saturated rings. The van der Waals surface area contributed by atoms with Gasteiger partial charge in [0.25, 0.3) is 0 Å². The fraction of sp³-hybridized carbons (Fsp3) is 0.471. The highest BCUT2D eigenvalue weighted by Crippen LogP contribution is 2.21. The molecule has 1 heterocycles. The minimum Gasteiger partial charge on any atom is -0.313 e. The van der Waals surface area contributed by atoms with Crippen molar-refractivity contribution in [1.29, 1.82) is 0 Å². The summed E-state index contributed by atoms with van der Waals surface area (Å²) in [6, 6.07) is 9.16. The SMILES string of the molecule is CCc1ccc(Cn2nc(C)c(C(C)NC)c2C)cc1. The minimum absolute atomic E-state index is 0.339. The highest BCUT2D eigenvalue weighted by molar-refractivity contribution is 5.29. The Balaban J connectivity index is 2.25. The quantitative estimate of drug-likeness (QED) is 0.903. The van der Waals surface area contributed by atoms with Gasteiger partial charge in [0.15, 0.2) is 0 Å². The largest absolute Gasteiger partial charge is 0.313 e. The Morgan fingerprint density at radius 1 is 1.15 bits per heavy atom. The third kappa shape index (κ3) is 2.93. The van der Waals surface area contributed by atoms with Gasteiger partial charge < -0.3 is 5.32 Å². The van der Waals surface area contributed by atoms with Crippen LogP contribution in [0.2, 0.25) is 0 Å². The third-order valence-electron chi connectivity index (χ3n) is 4.07. The molecule has 0 aliphatic carbocycles. The smallest absolute Gasteiger partial charge is 0.0662 e. The van der Waals surface area contributed by atoms with Gasteiger partial charge in [-0.25, -0.2) is 0 Å². The second-order valence-corrected chi connectivity index (χ2v) is 5.42. The lowest BCUT2D eigenvalue weighted by Gasteiger charge is -2.11. The Morgan fingerprint density at radius 3 is 2.30 bits per heavy atom. The zero-order valence-corrected chi connectivity index (χ0v) is 13.2. The summed E-state index contributed by atoms with van der Waals surface area (Å²) in [5.74, 6) is 0. The molecule has 0 radical (unpaired) electrons. The molecule has 108 valence electrons. The molecule has 0 spiro atoms. The van der Waals surface area contributed by atoms with Crippen LogP contribution in [0.3, 0.4) is 0 Å². The summed E-state index contributed by atoms with van der Waals surface area (Å²) in [4.78, 5) is 0. The Morgan fingerprint density at radius 2 is 1.75 bits per heavy atom. The van der Waals surface area contributed by atoms with Crippen molar-refractivity contribution >= 4 is 0 Å². The van der Waals surface area contributed by atoms with Crippen LogP contribution >= 0.6 is 0 Å². The van der Waals surface area contributed by atoms with Crippen molar-refractivity contribution in [3.8, 4) is 0 Å². The van der Waals surface area contributed by atoms with Crippen molar-refractivity contribution in [2.24, 2.45) is 0 Å². The summed E-state index contributed by atoms with van der Waals surface area (Å²) in [7, 11) is 1.99. The standard InChI is InChI=1S/C17H25N3/c1-6-15-7-9-16(10-8-15)11-20-14(4)17(12(2)18-5)13(3)19-20/h7-10,12,18H,6,11H2,1-5H3. The van der Waals surface area contributed by atoms with E-state index in [-0.39, 0.29) is 0 Å². The van der Waals surface area contributed by atoms with Crippen molar-refractivity contribution in [3.63, 3.8) is 0 Å². The van der Waals surface area contributed by atoms with E-state index < -0.39 is 0 Å². The molecule has 1 aromatic carbocycles.